The number of amidine groups is 1. The molecule has 6 heteroatoms. The number of oxime groups is 1. The summed E-state index contributed by atoms with van der Waals surface area (Å²) in [6.07, 6.45) is 3.63. The standard InChI is InChI=1S/C15H22FN3OS/c1-2-21-14-5-3-4-13(14)18-9-11-7-6-10(8-12(11)16)15(17)19-20/h6-8,13-14,18,20H,2-5,9H2,1H3,(H2,17,19). The molecule has 1 saturated carbocycles. The lowest BCUT2D eigenvalue weighted by Gasteiger charge is -2.20. The van der Waals surface area contributed by atoms with Gasteiger partial charge in [-0.25, -0.2) is 4.39 Å². The highest BCUT2D eigenvalue weighted by molar-refractivity contribution is 7.99. The van der Waals surface area contributed by atoms with Gasteiger partial charge in [0.05, 0.1) is 0 Å². The number of thioether (sulfide) groups is 1. The van der Waals surface area contributed by atoms with E-state index < -0.39 is 0 Å². The highest BCUT2D eigenvalue weighted by atomic mass is 32.2. The van der Waals surface area contributed by atoms with Crippen LogP contribution in [0.1, 0.15) is 37.3 Å². The molecule has 2 rings (SSSR count). The quantitative estimate of drug-likeness (QED) is 0.327. The van der Waals surface area contributed by atoms with Gasteiger partial charge in [-0.3, -0.25) is 0 Å². The maximum Gasteiger partial charge on any atom is 0.170 e. The molecule has 2 unspecified atom stereocenters. The fourth-order valence-electron chi connectivity index (χ4n) is 2.72. The number of hydrogen-bond donors (Lipinski definition) is 3. The summed E-state index contributed by atoms with van der Waals surface area (Å²) < 4.78 is 14.0. The van der Waals surface area contributed by atoms with Gasteiger partial charge < -0.3 is 16.3 Å². The lowest BCUT2D eigenvalue weighted by Crippen LogP contribution is -2.34. The van der Waals surface area contributed by atoms with E-state index in [4.69, 9.17) is 10.9 Å². The van der Waals surface area contributed by atoms with E-state index >= 15 is 0 Å². The lowest BCUT2D eigenvalue weighted by atomic mass is 10.1. The summed E-state index contributed by atoms with van der Waals surface area (Å²) in [6, 6.07) is 5.12. The van der Waals surface area contributed by atoms with Crippen molar-refractivity contribution in [3.05, 3.63) is 35.1 Å². The molecule has 1 fully saturated rings. The molecule has 116 valence electrons. The van der Waals surface area contributed by atoms with Crippen molar-refractivity contribution in [1.82, 2.24) is 5.32 Å². The first-order valence-electron chi connectivity index (χ1n) is 7.27. The number of hydrogen-bond acceptors (Lipinski definition) is 4. The second-order valence-corrected chi connectivity index (χ2v) is 6.72. The van der Waals surface area contributed by atoms with Crippen LogP contribution in [0.25, 0.3) is 0 Å². The van der Waals surface area contributed by atoms with E-state index in [0.717, 1.165) is 12.2 Å². The summed E-state index contributed by atoms with van der Waals surface area (Å²) in [5.74, 6) is 0.707. The molecule has 1 aromatic carbocycles. The molecule has 0 aliphatic heterocycles. The number of nitrogens with two attached hydrogens (primary N) is 1. The number of halogens is 1. The van der Waals surface area contributed by atoms with Gasteiger partial charge in [0.1, 0.15) is 5.82 Å². The molecule has 1 aliphatic carbocycles. The SMILES string of the molecule is CCSC1CCCC1NCc1ccc(/C(N)=N/O)cc1F. The van der Waals surface area contributed by atoms with Gasteiger partial charge in [0.25, 0.3) is 0 Å². The molecular formula is C15H22FN3OS. The second-order valence-electron chi connectivity index (χ2n) is 5.20. The molecule has 1 aliphatic rings. The van der Waals surface area contributed by atoms with Crippen LogP contribution in [0.15, 0.2) is 23.4 Å². The van der Waals surface area contributed by atoms with Crippen LogP contribution in [0, 0.1) is 5.82 Å². The maximum absolute atomic E-state index is 14.0. The third-order valence-corrected chi connectivity index (χ3v) is 5.17. The fraction of sp³-hybridized carbons (Fsp3) is 0.533. The molecule has 0 bridgehead atoms. The molecular weight excluding hydrogens is 289 g/mol. The summed E-state index contributed by atoms with van der Waals surface area (Å²) in [7, 11) is 0. The van der Waals surface area contributed by atoms with Crippen molar-refractivity contribution in [2.75, 3.05) is 5.75 Å². The number of nitrogens with zero attached hydrogens (tertiary/aromatic N) is 1. The van der Waals surface area contributed by atoms with Crippen molar-refractivity contribution in [3.63, 3.8) is 0 Å². The lowest BCUT2D eigenvalue weighted by molar-refractivity contribution is 0.318. The monoisotopic (exact) mass is 311 g/mol. The first kappa shape index (κ1) is 16.1. The molecule has 0 heterocycles. The van der Waals surface area contributed by atoms with Crippen LogP contribution >= 0.6 is 11.8 Å². The fourth-order valence-corrected chi connectivity index (χ4v) is 3.95. The summed E-state index contributed by atoms with van der Waals surface area (Å²) in [4.78, 5) is 0. The van der Waals surface area contributed by atoms with E-state index in [1.807, 2.05) is 11.8 Å². The van der Waals surface area contributed by atoms with Crippen LogP contribution in [0.3, 0.4) is 0 Å². The smallest absolute Gasteiger partial charge is 0.170 e. The van der Waals surface area contributed by atoms with Crippen molar-refractivity contribution in [1.29, 1.82) is 0 Å². The molecule has 1 aromatic rings. The molecule has 2 atom stereocenters. The number of rotatable bonds is 6. The van der Waals surface area contributed by atoms with Crippen molar-refractivity contribution >= 4 is 17.6 Å². The second kappa shape index (κ2) is 7.66. The Balaban J connectivity index is 1.97. The Labute approximate surface area is 129 Å². The Kier molecular flexibility index (Phi) is 5.87. The van der Waals surface area contributed by atoms with Gasteiger partial charge in [-0.2, -0.15) is 11.8 Å². The van der Waals surface area contributed by atoms with E-state index in [1.54, 1.807) is 12.1 Å². The molecule has 4 nitrogen and oxygen atoms in total. The van der Waals surface area contributed by atoms with Crippen molar-refractivity contribution < 1.29 is 9.60 Å². The number of benzene rings is 1. The van der Waals surface area contributed by atoms with E-state index in [0.29, 0.717) is 29.0 Å². The zero-order valence-corrected chi connectivity index (χ0v) is 13.0. The predicted octanol–water partition coefficient (Wildman–Crippen LogP) is 2.68. The van der Waals surface area contributed by atoms with Gasteiger partial charge >= 0.3 is 0 Å². The molecule has 0 spiro atoms. The maximum atomic E-state index is 14.0. The third-order valence-electron chi connectivity index (χ3n) is 3.84. The van der Waals surface area contributed by atoms with Crippen LogP contribution in [0.2, 0.25) is 0 Å². The van der Waals surface area contributed by atoms with Gasteiger partial charge in [-0.15, -0.1) is 0 Å². The minimum atomic E-state index is -0.329. The Morgan fingerprint density at radius 3 is 3.00 bits per heavy atom. The van der Waals surface area contributed by atoms with Crippen LogP contribution < -0.4 is 11.1 Å². The molecule has 0 amide bonds. The van der Waals surface area contributed by atoms with Gasteiger partial charge in [-0.05, 0) is 24.7 Å². The Hall–Kier alpha value is -1.27. The van der Waals surface area contributed by atoms with Gasteiger partial charge in [0, 0.05) is 29.0 Å². The highest BCUT2D eigenvalue weighted by Gasteiger charge is 2.26. The summed E-state index contributed by atoms with van der Waals surface area (Å²) in [5, 5.41) is 15.6. The van der Waals surface area contributed by atoms with Gasteiger partial charge in [0.2, 0.25) is 0 Å². The topological polar surface area (TPSA) is 70.6 Å². The molecule has 0 aromatic heterocycles. The van der Waals surface area contributed by atoms with Crippen LogP contribution in [-0.4, -0.2) is 28.1 Å². The summed E-state index contributed by atoms with van der Waals surface area (Å²) in [5.41, 5.74) is 6.45. The van der Waals surface area contributed by atoms with E-state index in [1.165, 1.54) is 18.9 Å². The first-order valence-corrected chi connectivity index (χ1v) is 8.32. The largest absolute Gasteiger partial charge is 0.409 e. The Bertz CT molecular complexity index is 510. The Morgan fingerprint density at radius 2 is 2.33 bits per heavy atom. The van der Waals surface area contributed by atoms with Crippen LogP contribution in [-0.2, 0) is 6.54 Å². The minimum Gasteiger partial charge on any atom is -0.409 e. The average molecular weight is 311 g/mol. The molecule has 0 saturated heterocycles. The molecule has 21 heavy (non-hydrogen) atoms. The number of nitrogens with one attached hydrogen (secondary N) is 1. The summed E-state index contributed by atoms with van der Waals surface area (Å²) >= 11 is 1.98. The van der Waals surface area contributed by atoms with Crippen molar-refractivity contribution in [2.45, 2.75) is 44.0 Å². The third kappa shape index (κ3) is 4.11. The zero-order chi connectivity index (χ0) is 15.2. The zero-order valence-electron chi connectivity index (χ0n) is 12.2. The van der Waals surface area contributed by atoms with Crippen LogP contribution in [0.4, 0.5) is 4.39 Å². The average Bonchev–Trinajstić information content (AvgIpc) is 2.93. The van der Waals surface area contributed by atoms with E-state index in [-0.39, 0.29) is 11.7 Å². The molecule has 0 radical (unpaired) electrons. The minimum absolute atomic E-state index is 0.0800. The first-order chi connectivity index (χ1) is 10.2. The van der Waals surface area contributed by atoms with E-state index in [2.05, 4.69) is 17.4 Å². The van der Waals surface area contributed by atoms with E-state index in [9.17, 15) is 4.39 Å². The van der Waals surface area contributed by atoms with Crippen LogP contribution in [0.5, 0.6) is 0 Å². The van der Waals surface area contributed by atoms with Crippen molar-refractivity contribution in [2.24, 2.45) is 10.9 Å². The summed E-state index contributed by atoms with van der Waals surface area (Å²) in [6.45, 7) is 2.68. The van der Waals surface area contributed by atoms with Gasteiger partial charge in [0.15, 0.2) is 5.84 Å². The normalized spacial score (nSPS) is 22.7. The Morgan fingerprint density at radius 1 is 1.52 bits per heavy atom. The molecule has 4 N–H and O–H groups in total. The highest BCUT2D eigenvalue weighted by Crippen LogP contribution is 2.30. The van der Waals surface area contributed by atoms with Gasteiger partial charge in [-0.1, -0.05) is 30.6 Å². The van der Waals surface area contributed by atoms with Crippen molar-refractivity contribution in [3.8, 4) is 0 Å². The predicted molar refractivity (Wildman–Crippen MR) is 85.3 cm³/mol.